The van der Waals surface area contributed by atoms with Crippen molar-refractivity contribution in [3.8, 4) is 0 Å². The van der Waals surface area contributed by atoms with Gasteiger partial charge in [0.2, 0.25) is 10.0 Å². The SMILES string of the molecule is CN(CC1CCNCC1)S(=O)(=O)c1cncc(Br)c1. The molecule has 1 N–H and O–H groups in total. The number of nitrogens with zero attached hydrogens (tertiary/aromatic N) is 2. The second kappa shape index (κ2) is 6.30. The van der Waals surface area contributed by atoms with E-state index in [-0.39, 0.29) is 4.90 Å². The minimum Gasteiger partial charge on any atom is -0.317 e. The minimum absolute atomic E-state index is 0.235. The normalized spacial score (nSPS) is 17.8. The van der Waals surface area contributed by atoms with Crippen LogP contribution in [0.1, 0.15) is 12.8 Å². The predicted molar refractivity (Wildman–Crippen MR) is 77.3 cm³/mol. The summed E-state index contributed by atoms with van der Waals surface area (Å²) >= 11 is 3.25. The molecular weight excluding hydrogens is 330 g/mol. The maximum absolute atomic E-state index is 12.4. The third kappa shape index (κ3) is 3.75. The van der Waals surface area contributed by atoms with Crippen LogP contribution >= 0.6 is 15.9 Å². The molecule has 1 aromatic heterocycles. The van der Waals surface area contributed by atoms with Crippen LogP contribution in [0.4, 0.5) is 0 Å². The molecule has 0 saturated carbocycles. The zero-order chi connectivity index (χ0) is 13.9. The summed E-state index contributed by atoms with van der Waals surface area (Å²) in [7, 11) is -1.80. The lowest BCUT2D eigenvalue weighted by Crippen LogP contribution is -2.37. The third-order valence-electron chi connectivity index (χ3n) is 3.36. The van der Waals surface area contributed by atoms with Gasteiger partial charge in [-0.05, 0) is 53.8 Å². The highest BCUT2D eigenvalue weighted by Crippen LogP contribution is 2.20. The molecule has 0 atom stereocenters. The lowest BCUT2D eigenvalue weighted by atomic mass is 9.98. The lowest BCUT2D eigenvalue weighted by Gasteiger charge is -2.27. The van der Waals surface area contributed by atoms with Crippen LogP contribution < -0.4 is 5.32 Å². The van der Waals surface area contributed by atoms with Gasteiger partial charge in [0.05, 0.1) is 0 Å². The Morgan fingerprint density at radius 1 is 1.42 bits per heavy atom. The number of halogens is 1. The van der Waals surface area contributed by atoms with E-state index in [0.717, 1.165) is 25.9 Å². The maximum atomic E-state index is 12.4. The van der Waals surface area contributed by atoms with E-state index in [1.165, 1.54) is 10.5 Å². The smallest absolute Gasteiger partial charge is 0.244 e. The van der Waals surface area contributed by atoms with Crippen LogP contribution in [-0.4, -0.2) is 44.4 Å². The molecule has 0 radical (unpaired) electrons. The van der Waals surface area contributed by atoms with Crippen molar-refractivity contribution in [2.75, 3.05) is 26.7 Å². The summed E-state index contributed by atoms with van der Waals surface area (Å²) in [5.74, 6) is 0.432. The van der Waals surface area contributed by atoms with Crippen molar-refractivity contribution >= 4 is 26.0 Å². The van der Waals surface area contributed by atoms with Crippen LogP contribution in [0.5, 0.6) is 0 Å². The topological polar surface area (TPSA) is 62.3 Å². The van der Waals surface area contributed by atoms with E-state index in [4.69, 9.17) is 0 Å². The van der Waals surface area contributed by atoms with Gasteiger partial charge in [0.25, 0.3) is 0 Å². The third-order valence-corrected chi connectivity index (χ3v) is 5.58. The van der Waals surface area contributed by atoms with Gasteiger partial charge in [-0.1, -0.05) is 0 Å². The molecule has 2 heterocycles. The monoisotopic (exact) mass is 347 g/mol. The number of hydrogen-bond donors (Lipinski definition) is 1. The molecule has 1 fully saturated rings. The van der Waals surface area contributed by atoms with E-state index in [1.54, 1.807) is 19.3 Å². The van der Waals surface area contributed by atoms with Crippen LogP contribution in [0.25, 0.3) is 0 Å². The number of pyridine rings is 1. The Labute approximate surface area is 122 Å². The molecule has 1 aliphatic heterocycles. The van der Waals surface area contributed by atoms with Gasteiger partial charge in [-0.15, -0.1) is 0 Å². The van der Waals surface area contributed by atoms with Crippen LogP contribution in [0.15, 0.2) is 27.8 Å². The molecule has 1 aromatic rings. The van der Waals surface area contributed by atoms with E-state index in [1.807, 2.05) is 0 Å². The molecule has 19 heavy (non-hydrogen) atoms. The van der Waals surface area contributed by atoms with E-state index >= 15 is 0 Å². The molecule has 7 heteroatoms. The van der Waals surface area contributed by atoms with Gasteiger partial charge in [0, 0.05) is 30.5 Å². The molecule has 0 aliphatic carbocycles. The fourth-order valence-corrected chi connectivity index (χ4v) is 3.99. The average Bonchev–Trinajstić information content (AvgIpc) is 2.40. The largest absolute Gasteiger partial charge is 0.317 e. The molecule has 0 bridgehead atoms. The number of rotatable bonds is 4. The van der Waals surface area contributed by atoms with Gasteiger partial charge in [-0.2, -0.15) is 0 Å². The molecular formula is C12H18BrN3O2S. The summed E-state index contributed by atoms with van der Waals surface area (Å²) in [6.45, 7) is 2.50. The summed E-state index contributed by atoms with van der Waals surface area (Å²) in [5.41, 5.74) is 0. The Morgan fingerprint density at radius 3 is 2.74 bits per heavy atom. The number of nitrogens with one attached hydrogen (secondary N) is 1. The molecule has 0 amide bonds. The lowest BCUT2D eigenvalue weighted by molar-refractivity contribution is 0.311. The van der Waals surface area contributed by atoms with Crippen molar-refractivity contribution in [1.82, 2.24) is 14.6 Å². The van der Waals surface area contributed by atoms with E-state index in [0.29, 0.717) is 16.9 Å². The van der Waals surface area contributed by atoms with E-state index in [2.05, 4.69) is 26.2 Å². The molecule has 106 valence electrons. The molecule has 5 nitrogen and oxygen atoms in total. The second-order valence-corrected chi connectivity index (χ2v) is 7.78. The average molecular weight is 348 g/mol. The Hall–Kier alpha value is -0.500. The first-order chi connectivity index (χ1) is 9.00. The van der Waals surface area contributed by atoms with Crippen LogP contribution in [0.2, 0.25) is 0 Å². The Bertz CT molecular complexity index is 530. The van der Waals surface area contributed by atoms with Gasteiger partial charge in [0.15, 0.2) is 0 Å². The highest BCUT2D eigenvalue weighted by molar-refractivity contribution is 9.10. The predicted octanol–water partition coefficient (Wildman–Crippen LogP) is 1.46. The molecule has 0 unspecified atom stereocenters. The van der Waals surface area contributed by atoms with Crippen molar-refractivity contribution < 1.29 is 8.42 Å². The first-order valence-corrected chi connectivity index (χ1v) is 8.51. The second-order valence-electron chi connectivity index (χ2n) is 4.82. The van der Waals surface area contributed by atoms with E-state index in [9.17, 15) is 8.42 Å². The van der Waals surface area contributed by atoms with Crippen LogP contribution in [-0.2, 0) is 10.0 Å². The Morgan fingerprint density at radius 2 is 2.11 bits per heavy atom. The minimum atomic E-state index is -3.44. The summed E-state index contributed by atoms with van der Waals surface area (Å²) < 4.78 is 26.9. The zero-order valence-electron chi connectivity index (χ0n) is 10.8. The Kier molecular flexibility index (Phi) is 4.94. The molecule has 2 rings (SSSR count). The van der Waals surface area contributed by atoms with Crippen LogP contribution in [0, 0.1) is 5.92 Å². The molecule has 1 aliphatic rings. The van der Waals surface area contributed by atoms with Crippen LogP contribution in [0.3, 0.4) is 0 Å². The van der Waals surface area contributed by atoms with Crippen molar-refractivity contribution in [2.24, 2.45) is 5.92 Å². The highest BCUT2D eigenvalue weighted by atomic mass is 79.9. The maximum Gasteiger partial charge on any atom is 0.244 e. The standard InChI is InChI=1S/C12H18BrN3O2S/c1-16(9-10-2-4-14-5-3-10)19(17,18)12-6-11(13)7-15-8-12/h6-8,10,14H,2-5,9H2,1H3. The number of aromatic nitrogens is 1. The summed E-state index contributed by atoms with van der Waals surface area (Å²) in [5, 5.41) is 3.28. The van der Waals surface area contributed by atoms with Crippen molar-refractivity contribution in [3.63, 3.8) is 0 Å². The van der Waals surface area contributed by atoms with Gasteiger partial charge < -0.3 is 5.32 Å². The first kappa shape index (κ1) is 14.9. The van der Waals surface area contributed by atoms with Gasteiger partial charge in [-0.25, -0.2) is 12.7 Å². The summed E-state index contributed by atoms with van der Waals surface area (Å²) in [6, 6.07) is 1.58. The fourth-order valence-electron chi connectivity index (χ4n) is 2.24. The Balaban J connectivity index is 2.10. The van der Waals surface area contributed by atoms with Crippen molar-refractivity contribution in [3.05, 3.63) is 22.9 Å². The molecule has 0 spiro atoms. The summed E-state index contributed by atoms with van der Waals surface area (Å²) in [4.78, 5) is 4.15. The number of piperidine rings is 1. The van der Waals surface area contributed by atoms with Crippen molar-refractivity contribution in [2.45, 2.75) is 17.7 Å². The highest BCUT2D eigenvalue weighted by Gasteiger charge is 2.25. The fraction of sp³-hybridized carbons (Fsp3) is 0.583. The van der Waals surface area contributed by atoms with Gasteiger partial charge in [0.1, 0.15) is 4.90 Å². The zero-order valence-corrected chi connectivity index (χ0v) is 13.2. The van der Waals surface area contributed by atoms with Gasteiger partial charge in [-0.3, -0.25) is 4.98 Å². The van der Waals surface area contributed by atoms with Gasteiger partial charge >= 0.3 is 0 Å². The first-order valence-electron chi connectivity index (χ1n) is 6.28. The number of hydrogen-bond acceptors (Lipinski definition) is 4. The molecule has 1 saturated heterocycles. The molecule has 0 aromatic carbocycles. The summed E-state index contributed by atoms with van der Waals surface area (Å²) in [6.07, 6.45) is 5.01. The van der Waals surface area contributed by atoms with Crippen molar-refractivity contribution in [1.29, 1.82) is 0 Å². The quantitative estimate of drug-likeness (QED) is 0.895. The number of sulfonamides is 1. The van der Waals surface area contributed by atoms with E-state index < -0.39 is 10.0 Å².